The highest BCUT2D eigenvalue weighted by Crippen LogP contribution is 2.16. The third kappa shape index (κ3) is 4.77. The van der Waals surface area contributed by atoms with Crippen LogP contribution in [0.1, 0.15) is 15.9 Å². The zero-order valence-electron chi connectivity index (χ0n) is 15.3. The Hall–Kier alpha value is -3.71. The normalized spacial score (nSPS) is 10.5. The number of nitrogens with zero attached hydrogens (tertiary/aromatic N) is 4. The molecule has 0 saturated carbocycles. The Balaban J connectivity index is 1.39. The summed E-state index contributed by atoms with van der Waals surface area (Å²) in [6, 6.07) is 14.6. The van der Waals surface area contributed by atoms with Crippen molar-refractivity contribution in [2.75, 3.05) is 5.32 Å². The first-order valence-corrected chi connectivity index (χ1v) is 9.26. The number of carbonyl (C=O) groups excluding carboxylic acids is 1. The number of rotatable bonds is 6. The number of hydrogen-bond acceptors (Lipinski definition) is 5. The van der Waals surface area contributed by atoms with E-state index in [1.54, 1.807) is 41.6 Å². The van der Waals surface area contributed by atoms with Crippen molar-refractivity contribution in [3.63, 3.8) is 0 Å². The predicted molar refractivity (Wildman–Crippen MR) is 112 cm³/mol. The first-order chi connectivity index (χ1) is 14.2. The lowest BCUT2D eigenvalue weighted by molar-refractivity contribution is 0.0951. The van der Waals surface area contributed by atoms with E-state index >= 15 is 0 Å². The van der Waals surface area contributed by atoms with Crippen LogP contribution >= 0.6 is 11.6 Å². The number of benzene rings is 2. The summed E-state index contributed by atoms with van der Waals surface area (Å²) in [6.45, 7) is 0.362. The molecule has 0 aliphatic heterocycles. The van der Waals surface area contributed by atoms with Gasteiger partial charge in [0.15, 0.2) is 0 Å². The Labute approximate surface area is 172 Å². The molecule has 2 heterocycles. The fourth-order valence-corrected chi connectivity index (χ4v) is 2.93. The molecule has 0 bridgehead atoms. The molecule has 1 amide bonds. The summed E-state index contributed by atoms with van der Waals surface area (Å²) in [5, 5.41) is 11.0. The van der Waals surface area contributed by atoms with Crippen molar-refractivity contribution in [1.82, 2.24) is 25.1 Å². The van der Waals surface area contributed by atoms with Crippen LogP contribution in [0.3, 0.4) is 0 Å². The molecule has 8 heteroatoms. The third-order valence-electron chi connectivity index (χ3n) is 4.12. The fraction of sp³-hybridized carbons (Fsp3) is 0.0476. The van der Waals surface area contributed by atoms with Crippen LogP contribution in [-0.4, -0.2) is 25.7 Å². The van der Waals surface area contributed by atoms with Gasteiger partial charge < -0.3 is 10.6 Å². The largest absolute Gasteiger partial charge is 0.348 e. The standard InChI is InChI=1S/C21H17ClN6O/c22-17-4-2-6-19(10-17)28-14-15(12-26-28)11-25-21(29)16-3-1-5-18(9-16)27-20-13-23-7-8-24-20/h1-10,12-14H,11H2,(H,24,27)(H,25,29). The van der Waals surface area contributed by atoms with Gasteiger partial charge in [0.1, 0.15) is 5.82 Å². The summed E-state index contributed by atoms with van der Waals surface area (Å²) in [4.78, 5) is 20.7. The Bertz CT molecular complexity index is 1130. The lowest BCUT2D eigenvalue weighted by Crippen LogP contribution is -2.22. The number of anilines is 2. The van der Waals surface area contributed by atoms with E-state index in [9.17, 15) is 4.79 Å². The van der Waals surface area contributed by atoms with E-state index in [0.717, 1.165) is 16.9 Å². The molecular weight excluding hydrogens is 388 g/mol. The lowest BCUT2D eigenvalue weighted by atomic mass is 10.2. The monoisotopic (exact) mass is 404 g/mol. The van der Waals surface area contributed by atoms with Gasteiger partial charge in [0, 0.05) is 47.0 Å². The van der Waals surface area contributed by atoms with Gasteiger partial charge in [0.2, 0.25) is 0 Å². The van der Waals surface area contributed by atoms with Crippen LogP contribution in [-0.2, 0) is 6.54 Å². The first-order valence-electron chi connectivity index (χ1n) is 8.88. The van der Waals surface area contributed by atoms with Gasteiger partial charge in [-0.1, -0.05) is 23.7 Å². The smallest absolute Gasteiger partial charge is 0.251 e. The summed E-state index contributed by atoms with van der Waals surface area (Å²) in [7, 11) is 0. The number of aromatic nitrogens is 4. The van der Waals surface area contributed by atoms with E-state index in [1.807, 2.05) is 42.6 Å². The summed E-state index contributed by atoms with van der Waals surface area (Å²) in [6.07, 6.45) is 8.39. The first kappa shape index (κ1) is 18.6. The van der Waals surface area contributed by atoms with Crippen LogP contribution in [0, 0.1) is 0 Å². The van der Waals surface area contributed by atoms with Gasteiger partial charge in [0.25, 0.3) is 5.91 Å². The molecular formula is C21H17ClN6O. The van der Waals surface area contributed by atoms with Crippen molar-refractivity contribution in [3.8, 4) is 5.69 Å². The van der Waals surface area contributed by atoms with Crippen molar-refractivity contribution in [2.45, 2.75) is 6.54 Å². The molecule has 4 rings (SSSR count). The second-order valence-corrected chi connectivity index (χ2v) is 6.69. The second kappa shape index (κ2) is 8.53. The van der Waals surface area contributed by atoms with Gasteiger partial charge in [-0.2, -0.15) is 5.10 Å². The van der Waals surface area contributed by atoms with E-state index in [-0.39, 0.29) is 5.91 Å². The predicted octanol–water partition coefficient (Wildman–Crippen LogP) is 3.99. The maximum absolute atomic E-state index is 12.5. The molecule has 0 fully saturated rings. The van der Waals surface area contributed by atoms with Crippen LogP contribution < -0.4 is 10.6 Å². The molecule has 4 aromatic rings. The highest BCUT2D eigenvalue weighted by Gasteiger charge is 2.08. The molecule has 0 aliphatic carbocycles. The number of carbonyl (C=O) groups is 1. The Morgan fingerprint density at radius 1 is 1.07 bits per heavy atom. The SMILES string of the molecule is O=C(NCc1cnn(-c2cccc(Cl)c2)c1)c1cccc(Nc2cnccn2)c1. The Kier molecular flexibility index (Phi) is 5.49. The van der Waals surface area contributed by atoms with E-state index in [1.165, 1.54) is 0 Å². The molecule has 2 N–H and O–H groups in total. The molecule has 0 atom stereocenters. The summed E-state index contributed by atoms with van der Waals surface area (Å²) in [5.41, 5.74) is 3.04. The maximum Gasteiger partial charge on any atom is 0.251 e. The molecule has 0 saturated heterocycles. The number of halogens is 1. The number of hydrogen-bond donors (Lipinski definition) is 2. The lowest BCUT2D eigenvalue weighted by Gasteiger charge is -2.08. The Morgan fingerprint density at radius 3 is 2.79 bits per heavy atom. The fourth-order valence-electron chi connectivity index (χ4n) is 2.75. The van der Waals surface area contributed by atoms with Crippen molar-refractivity contribution < 1.29 is 4.79 Å². The summed E-state index contributed by atoms with van der Waals surface area (Å²) < 4.78 is 1.72. The summed E-state index contributed by atoms with van der Waals surface area (Å²) in [5.74, 6) is 0.432. The van der Waals surface area contributed by atoms with Crippen molar-refractivity contribution >= 4 is 29.0 Å². The van der Waals surface area contributed by atoms with E-state index < -0.39 is 0 Å². The van der Waals surface area contributed by atoms with E-state index in [2.05, 4.69) is 25.7 Å². The van der Waals surface area contributed by atoms with Gasteiger partial charge in [-0.25, -0.2) is 9.67 Å². The number of nitrogens with one attached hydrogen (secondary N) is 2. The minimum absolute atomic E-state index is 0.177. The van der Waals surface area contributed by atoms with Gasteiger partial charge >= 0.3 is 0 Å². The van der Waals surface area contributed by atoms with Gasteiger partial charge in [-0.05, 0) is 36.4 Å². The molecule has 0 unspecified atom stereocenters. The molecule has 0 spiro atoms. The summed E-state index contributed by atoms with van der Waals surface area (Å²) >= 11 is 6.03. The molecule has 2 aromatic heterocycles. The average molecular weight is 405 g/mol. The van der Waals surface area contributed by atoms with Crippen LogP contribution in [0.5, 0.6) is 0 Å². The van der Waals surface area contributed by atoms with Gasteiger partial charge in [-0.15, -0.1) is 0 Å². The number of amides is 1. The van der Waals surface area contributed by atoms with Crippen molar-refractivity contribution in [2.24, 2.45) is 0 Å². The van der Waals surface area contributed by atoms with Crippen molar-refractivity contribution in [3.05, 3.63) is 95.7 Å². The highest BCUT2D eigenvalue weighted by atomic mass is 35.5. The highest BCUT2D eigenvalue weighted by molar-refractivity contribution is 6.30. The van der Waals surface area contributed by atoms with Crippen molar-refractivity contribution in [1.29, 1.82) is 0 Å². The molecule has 2 aromatic carbocycles. The topological polar surface area (TPSA) is 84.7 Å². The second-order valence-electron chi connectivity index (χ2n) is 6.25. The van der Waals surface area contributed by atoms with Crippen LogP contribution in [0.15, 0.2) is 79.5 Å². The maximum atomic E-state index is 12.5. The molecule has 0 aliphatic rings. The average Bonchev–Trinajstić information content (AvgIpc) is 3.22. The molecule has 0 radical (unpaired) electrons. The van der Waals surface area contributed by atoms with Gasteiger partial charge in [0.05, 0.1) is 18.1 Å². The molecule has 144 valence electrons. The van der Waals surface area contributed by atoms with E-state index in [4.69, 9.17) is 11.6 Å². The quantitative estimate of drug-likeness (QED) is 0.507. The zero-order valence-corrected chi connectivity index (χ0v) is 16.0. The molecule has 29 heavy (non-hydrogen) atoms. The van der Waals surface area contributed by atoms with E-state index in [0.29, 0.717) is 22.9 Å². The van der Waals surface area contributed by atoms with Crippen LogP contribution in [0.4, 0.5) is 11.5 Å². The van der Waals surface area contributed by atoms with Crippen LogP contribution in [0.25, 0.3) is 5.69 Å². The molecule has 7 nitrogen and oxygen atoms in total. The minimum atomic E-state index is -0.177. The zero-order chi connectivity index (χ0) is 20.1. The third-order valence-corrected chi connectivity index (χ3v) is 4.36. The minimum Gasteiger partial charge on any atom is -0.348 e. The van der Waals surface area contributed by atoms with Gasteiger partial charge in [-0.3, -0.25) is 9.78 Å². The van der Waals surface area contributed by atoms with Crippen LogP contribution in [0.2, 0.25) is 5.02 Å². The Morgan fingerprint density at radius 2 is 1.97 bits per heavy atom.